The normalized spacial score (nSPS) is 24.2. The Morgan fingerprint density at radius 3 is 2.08 bits per heavy atom. The van der Waals surface area contributed by atoms with Crippen LogP contribution in [-0.4, -0.2) is 80.6 Å². The average molecular weight is 704 g/mol. The van der Waals surface area contributed by atoms with Crippen LogP contribution in [0.4, 0.5) is 0 Å². The number of hydrogen-bond donors (Lipinski definition) is 1. The molecule has 0 atom stereocenters. The molecule has 10 nitrogen and oxygen atoms in total. The summed E-state index contributed by atoms with van der Waals surface area (Å²) in [5.41, 5.74) is 3.96. The van der Waals surface area contributed by atoms with E-state index in [0.29, 0.717) is 57.3 Å². The Hall–Kier alpha value is -3.41. The molecule has 2 aromatic carbocycles. The first-order valence-corrected chi connectivity index (χ1v) is 20.2. The first-order valence-electron chi connectivity index (χ1n) is 18.6. The molecule has 3 aliphatic carbocycles. The van der Waals surface area contributed by atoms with E-state index in [1.54, 1.807) is 13.2 Å². The van der Waals surface area contributed by atoms with Gasteiger partial charge in [0.1, 0.15) is 5.75 Å². The van der Waals surface area contributed by atoms with Crippen molar-refractivity contribution in [3.05, 3.63) is 53.6 Å². The van der Waals surface area contributed by atoms with E-state index in [1.165, 1.54) is 12.0 Å². The van der Waals surface area contributed by atoms with Crippen molar-refractivity contribution in [2.45, 2.75) is 107 Å². The van der Waals surface area contributed by atoms with Crippen LogP contribution < -0.4 is 9.46 Å². The van der Waals surface area contributed by atoms with E-state index in [9.17, 15) is 18.0 Å². The standard InChI is InChI=1S/C39H49N3O7S/c1-47-31-15-12-27(13-16-31)36-35(26-8-4-2-5-9-26)33-17-14-28(37(43)40-50(45,46)32-10-6-3-7-11-32)20-34(33)41(36)25-39(18-19-39)38(44)42-29-21-48-23-30(42)24-49-22-29/h12-17,20,26,29-30,32H,2-11,18-19,21-25H2,1H3,(H,40,43). The Labute approximate surface area is 294 Å². The maximum atomic E-state index is 14.6. The molecule has 0 radical (unpaired) electrons. The summed E-state index contributed by atoms with van der Waals surface area (Å²) in [4.78, 5) is 30.4. The first kappa shape index (κ1) is 33.7. The summed E-state index contributed by atoms with van der Waals surface area (Å²) >= 11 is 0. The number of benzene rings is 2. The second-order valence-corrected chi connectivity index (χ2v) is 17.2. The molecule has 5 fully saturated rings. The fourth-order valence-corrected chi connectivity index (χ4v) is 10.6. The van der Waals surface area contributed by atoms with Gasteiger partial charge in [0.2, 0.25) is 15.9 Å². The number of fused-ring (bicyclic) bond motifs is 3. The van der Waals surface area contributed by atoms with Crippen LogP contribution in [0, 0.1) is 5.41 Å². The van der Waals surface area contributed by atoms with Crippen LogP contribution in [0.3, 0.4) is 0 Å². The van der Waals surface area contributed by atoms with Crippen molar-refractivity contribution in [3.8, 4) is 17.0 Å². The molecule has 50 heavy (non-hydrogen) atoms. The number of rotatable bonds is 9. The minimum Gasteiger partial charge on any atom is -0.497 e. The van der Waals surface area contributed by atoms with Crippen LogP contribution in [0.1, 0.15) is 98.9 Å². The van der Waals surface area contributed by atoms with Gasteiger partial charge in [-0.15, -0.1) is 0 Å². The summed E-state index contributed by atoms with van der Waals surface area (Å²) in [6.07, 6.45) is 11.1. The van der Waals surface area contributed by atoms with Crippen LogP contribution in [-0.2, 0) is 30.8 Å². The maximum Gasteiger partial charge on any atom is 0.264 e. The fourth-order valence-electron chi connectivity index (χ4n) is 9.09. The van der Waals surface area contributed by atoms with E-state index in [2.05, 4.69) is 26.3 Å². The molecule has 1 aromatic heterocycles. The predicted octanol–water partition coefficient (Wildman–Crippen LogP) is 6.16. The molecule has 5 aliphatic rings. The quantitative estimate of drug-likeness (QED) is 0.284. The van der Waals surface area contributed by atoms with Gasteiger partial charge in [0.15, 0.2) is 0 Å². The number of carbonyl (C=O) groups excluding carboxylic acids is 2. The minimum absolute atomic E-state index is 0.0887. The summed E-state index contributed by atoms with van der Waals surface area (Å²) in [5.74, 6) is 0.656. The minimum atomic E-state index is -3.80. The van der Waals surface area contributed by atoms with Crippen LogP contribution in [0.2, 0.25) is 0 Å². The SMILES string of the molecule is COc1ccc(-c2c(C3CCCCC3)c3ccc(C(=O)NS(=O)(=O)C4CCCCC4)cc3n2CC2(C(=O)N3C4COCC3COC4)CC2)cc1. The third-order valence-electron chi connectivity index (χ3n) is 12.0. The summed E-state index contributed by atoms with van der Waals surface area (Å²) in [7, 11) is -2.14. The Balaban J connectivity index is 1.24. The van der Waals surface area contributed by atoms with Crippen molar-refractivity contribution in [3.63, 3.8) is 0 Å². The van der Waals surface area contributed by atoms with Crippen LogP contribution in [0.25, 0.3) is 22.2 Å². The lowest BCUT2D eigenvalue weighted by atomic mass is 9.81. The molecule has 8 rings (SSSR count). The lowest BCUT2D eigenvalue weighted by Crippen LogP contribution is -2.63. The number of aromatic nitrogens is 1. The maximum absolute atomic E-state index is 14.6. The van der Waals surface area contributed by atoms with Crippen molar-refractivity contribution < 1.29 is 32.2 Å². The van der Waals surface area contributed by atoms with E-state index in [4.69, 9.17) is 14.2 Å². The number of methoxy groups -OCH3 is 1. The molecule has 2 aliphatic heterocycles. The van der Waals surface area contributed by atoms with E-state index >= 15 is 0 Å². The molecule has 11 heteroatoms. The van der Waals surface area contributed by atoms with E-state index < -0.39 is 26.6 Å². The van der Waals surface area contributed by atoms with Gasteiger partial charge in [0.25, 0.3) is 5.91 Å². The molecule has 0 unspecified atom stereocenters. The molecule has 3 aromatic rings. The predicted molar refractivity (Wildman–Crippen MR) is 191 cm³/mol. The zero-order valence-electron chi connectivity index (χ0n) is 29.0. The highest BCUT2D eigenvalue weighted by molar-refractivity contribution is 7.90. The van der Waals surface area contributed by atoms with Gasteiger partial charge in [0, 0.05) is 23.0 Å². The number of hydrogen-bond acceptors (Lipinski definition) is 7. The van der Waals surface area contributed by atoms with Crippen molar-refractivity contribution in [2.24, 2.45) is 5.41 Å². The van der Waals surface area contributed by atoms with Crippen LogP contribution in [0.5, 0.6) is 5.75 Å². The fraction of sp³-hybridized carbons (Fsp3) is 0.590. The molecular weight excluding hydrogens is 655 g/mol. The highest BCUT2D eigenvalue weighted by atomic mass is 32.2. The average Bonchev–Trinajstić information content (AvgIpc) is 3.86. The topological polar surface area (TPSA) is 116 Å². The molecule has 268 valence electrons. The monoisotopic (exact) mass is 703 g/mol. The second-order valence-electron chi connectivity index (χ2n) is 15.3. The van der Waals surface area contributed by atoms with Crippen molar-refractivity contribution in [2.75, 3.05) is 33.5 Å². The number of morpholine rings is 2. The van der Waals surface area contributed by atoms with Crippen molar-refractivity contribution in [1.29, 1.82) is 0 Å². The lowest BCUT2D eigenvalue weighted by molar-refractivity contribution is -0.173. The third kappa shape index (κ3) is 6.23. The van der Waals surface area contributed by atoms with Gasteiger partial charge in [-0.3, -0.25) is 9.59 Å². The van der Waals surface area contributed by atoms with E-state index in [1.807, 2.05) is 24.3 Å². The highest BCUT2D eigenvalue weighted by Crippen LogP contribution is 2.53. The van der Waals surface area contributed by atoms with Gasteiger partial charge in [-0.2, -0.15) is 0 Å². The number of sulfonamides is 1. The molecule has 2 amide bonds. The summed E-state index contributed by atoms with van der Waals surface area (Å²) in [6, 6.07) is 13.6. The molecule has 0 spiro atoms. The number of amides is 2. The molecule has 2 bridgehead atoms. The summed E-state index contributed by atoms with van der Waals surface area (Å²) in [6.45, 7) is 2.40. The van der Waals surface area contributed by atoms with Gasteiger partial charge in [-0.25, -0.2) is 13.1 Å². The molecule has 3 heterocycles. The van der Waals surface area contributed by atoms with Crippen molar-refractivity contribution >= 4 is 32.7 Å². The Kier molecular flexibility index (Phi) is 9.18. The van der Waals surface area contributed by atoms with Crippen molar-refractivity contribution in [1.82, 2.24) is 14.2 Å². The molecule has 3 saturated carbocycles. The zero-order chi connectivity index (χ0) is 34.5. The Bertz CT molecular complexity index is 1830. The van der Waals surface area contributed by atoms with E-state index in [0.717, 1.165) is 85.7 Å². The van der Waals surface area contributed by atoms with Gasteiger partial charge < -0.3 is 23.7 Å². The second kappa shape index (κ2) is 13.6. The van der Waals surface area contributed by atoms with Crippen LogP contribution in [0.15, 0.2) is 42.5 Å². The van der Waals surface area contributed by atoms with Crippen LogP contribution >= 0.6 is 0 Å². The smallest absolute Gasteiger partial charge is 0.264 e. The van der Waals surface area contributed by atoms with Gasteiger partial charge in [0.05, 0.1) is 62.0 Å². The summed E-state index contributed by atoms with van der Waals surface area (Å²) < 4.78 is 48.5. The molecule has 2 saturated heterocycles. The Morgan fingerprint density at radius 1 is 0.860 bits per heavy atom. The third-order valence-corrected chi connectivity index (χ3v) is 13.8. The largest absolute Gasteiger partial charge is 0.497 e. The number of ether oxygens (including phenoxy) is 3. The Morgan fingerprint density at radius 2 is 1.48 bits per heavy atom. The molecule has 1 N–H and O–H groups in total. The van der Waals surface area contributed by atoms with Gasteiger partial charge in [-0.1, -0.05) is 44.6 Å². The van der Waals surface area contributed by atoms with Gasteiger partial charge >= 0.3 is 0 Å². The van der Waals surface area contributed by atoms with E-state index in [-0.39, 0.29) is 18.0 Å². The first-order chi connectivity index (χ1) is 24.3. The lowest BCUT2D eigenvalue weighted by Gasteiger charge is -2.46. The summed E-state index contributed by atoms with van der Waals surface area (Å²) in [5, 5.41) is 0.521. The zero-order valence-corrected chi connectivity index (χ0v) is 29.8. The molecular formula is C39H49N3O7S. The number of nitrogens with one attached hydrogen (secondary N) is 1. The number of nitrogens with zero attached hydrogens (tertiary/aromatic N) is 2. The van der Waals surface area contributed by atoms with Gasteiger partial charge in [-0.05, 0) is 92.0 Å². The number of carbonyl (C=O) groups is 2. The highest BCUT2D eigenvalue weighted by Gasteiger charge is 2.56.